The van der Waals surface area contributed by atoms with Crippen LogP contribution in [0.15, 0.2) is 0 Å². The first-order chi connectivity index (χ1) is 28.4. The SMILES string of the molecule is CCCCCCCCCCCCCCCCCCCCCCCC(O)C(=O)NC(COC1OC(CO)C(O)C(OS(=O)(=O)O)C1O)C(O)CCCCCCCCCCC. The summed E-state index contributed by atoms with van der Waals surface area (Å²) in [6.45, 7) is 3.26. The van der Waals surface area contributed by atoms with E-state index in [0.717, 1.165) is 38.5 Å². The fraction of sp³-hybridized carbons (Fsp3) is 0.978. The third kappa shape index (κ3) is 29.1. The molecule has 13 nitrogen and oxygen atoms in total. The Bertz CT molecular complexity index is 1090. The molecule has 1 amide bonds. The summed E-state index contributed by atoms with van der Waals surface area (Å²) in [6.07, 6.45) is 26.0. The van der Waals surface area contributed by atoms with Crippen molar-refractivity contribution in [2.75, 3.05) is 13.2 Å². The number of rotatable bonds is 41. The van der Waals surface area contributed by atoms with Crippen LogP contribution in [0.25, 0.3) is 0 Å². The first kappa shape index (κ1) is 56.1. The maximum atomic E-state index is 13.1. The Morgan fingerprint density at radius 1 is 0.610 bits per heavy atom. The van der Waals surface area contributed by atoms with Gasteiger partial charge in [0.05, 0.1) is 25.4 Å². The van der Waals surface area contributed by atoms with Crippen LogP contribution in [0.1, 0.15) is 219 Å². The summed E-state index contributed by atoms with van der Waals surface area (Å²) in [5, 5.41) is 55.2. The lowest BCUT2D eigenvalue weighted by atomic mass is 9.99. The highest BCUT2D eigenvalue weighted by Gasteiger charge is 2.48. The Labute approximate surface area is 359 Å². The number of hydrogen-bond donors (Lipinski definition) is 7. The zero-order valence-electron chi connectivity index (χ0n) is 37.2. The number of amides is 1. The Hall–Kier alpha value is -0.940. The van der Waals surface area contributed by atoms with Gasteiger partial charge in [-0.05, 0) is 12.8 Å². The minimum atomic E-state index is -5.10. The van der Waals surface area contributed by atoms with Gasteiger partial charge < -0.3 is 40.3 Å². The van der Waals surface area contributed by atoms with Crippen molar-refractivity contribution >= 4 is 16.3 Å². The van der Waals surface area contributed by atoms with Gasteiger partial charge in [0, 0.05) is 0 Å². The summed E-state index contributed by atoms with van der Waals surface area (Å²) in [7, 11) is -5.10. The van der Waals surface area contributed by atoms with E-state index in [1.165, 1.54) is 141 Å². The zero-order valence-corrected chi connectivity index (χ0v) is 38.0. The second-order valence-electron chi connectivity index (χ2n) is 17.2. The average molecular weight is 868 g/mol. The molecule has 0 aromatic carbocycles. The van der Waals surface area contributed by atoms with Gasteiger partial charge in [0.25, 0.3) is 0 Å². The van der Waals surface area contributed by atoms with E-state index in [1.807, 2.05) is 0 Å². The van der Waals surface area contributed by atoms with Crippen molar-refractivity contribution in [3.63, 3.8) is 0 Å². The summed E-state index contributed by atoms with van der Waals surface area (Å²) in [5.74, 6) is -0.667. The molecule has 1 aliphatic heterocycles. The molecule has 0 bridgehead atoms. The minimum absolute atomic E-state index is 0.266. The van der Waals surface area contributed by atoms with Crippen molar-refractivity contribution < 1.29 is 57.0 Å². The van der Waals surface area contributed by atoms with Crippen molar-refractivity contribution in [3.05, 3.63) is 0 Å². The second kappa shape index (κ2) is 36.5. The Balaban J connectivity index is 2.42. The van der Waals surface area contributed by atoms with Crippen molar-refractivity contribution in [3.8, 4) is 0 Å². The third-order valence-electron chi connectivity index (χ3n) is 11.8. The number of carbonyl (C=O) groups excluding carboxylic acids is 1. The van der Waals surface area contributed by atoms with E-state index in [1.54, 1.807) is 0 Å². The summed E-state index contributed by atoms with van der Waals surface area (Å²) in [6, 6.07) is -1.03. The van der Waals surface area contributed by atoms with Gasteiger partial charge in [-0.2, -0.15) is 8.42 Å². The highest BCUT2D eigenvalue weighted by Crippen LogP contribution is 2.26. The summed E-state index contributed by atoms with van der Waals surface area (Å²) < 4.78 is 47.5. The average Bonchev–Trinajstić information content (AvgIpc) is 3.20. The van der Waals surface area contributed by atoms with Crippen LogP contribution in [0.3, 0.4) is 0 Å². The second-order valence-corrected chi connectivity index (χ2v) is 18.3. The number of ether oxygens (including phenoxy) is 2. The zero-order chi connectivity index (χ0) is 43.6. The van der Waals surface area contributed by atoms with E-state index >= 15 is 0 Å². The van der Waals surface area contributed by atoms with Crippen LogP contribution >= 0.6 is 0 Å². The van der Waals surface area contributed by atoms with Crippen molar-refractivity contribution in [2.45, 2.75) is 268 Å². The predicted octanol–water partition coefficient (Wildman–Crippen LogP) is 8.36. The molecule has 0 saturated carbocycles. The monoisotopic (exact) mass is 868 g/mol. The number of nitrogens with one attached hydrogen (secondary N) is 1. The van der Waals surface area contributed by atoms with E-state index < -0.39 is 78.5 Å². The topological polar surface area (TPSA) is 212 Å². The van der Waals surface area contributed by atoms with Gasteiger partial charge >= 0.3 is 10.4 Å². The van der Waals surface area contributed by atoms with Crippen molar-refractivity contribution in [2.24, 2.45) is 0 Å². The molecule has 7 N–H and O–H groups in total. The highest BCUT2D eigenvalue weighted by molar-refractivity contribution is 7.80. The van der Waals surface area contributed by atoms with Crippen LogP contribution in [0.2, 0.25) is 0 Å². The Kier molecular flexibility index (Phi) is 34.7. The molecule has 0 aromatic rings. The quantitative estimate of drug-likeness (QED) is 0.0228. The van der Waals surface area contributed by atoms with Gasteiger partial charge in [0.15, 0.2) is 6.29 Å². The predicted molar refractivity (Wildman–Crippen MR) is 233 cm³/mol. The Morgan fingerprint density at radius 3 is 1.36 bits per heavy atom. The molecule has 1 fully saturated rings. The van der Waals surface area contributed by atoms with E-state index in [-0.39, 0.29) is 6.42 Å². The molecule has 59 heavy (non-hydrogen) atoms. The molecule has 1 rings (SSSR count). The molecular formula is C45H89NO12S. The van der Waals surface area contributed by atoms with Crippen LogP contribution in [-0.4, -0.2) is 107 Å². The smallest absolute Gasteiger partial charge is 0.394 e. The van der Waals surface area contributed by atoms with Crippen molar-refractivity contribution in [1.82, 2.24) is 5.32 Å². The van der Waals surface area contributed by atoms with E-state index in [4.69, 9.17) is 14.0 Å². The standard InChI is InChI=1S/C45H89NO12S/c1-3-5-7-9-11-13-14-15-16-17-18-19-20-21-22-23-24-26-28-30-32-34-39(49)44(52)46-37(38(48)33-31-29-27-25-12-10-8-6-4-2)36-56-45-42(51)43(58-59(53,54)55)41(50)40(35-47)57-45/h37-43,45,47-51H,3-36H2,1-2H3,(H,46,52)(H,53,54,55). The van der Waals surface area contributed by atoms with Gasteiger partial charge in [-0.1, -0.05) is 206 Å². The number of aliphatic hydroxyl groups is 5. The third-order valence-corrected chi connectivity index (χ3v) is 12.2. The number of unbranched alkanes of at least 4 members (excludes halogenated alkanes) is 28. The molecule has 0 aliphatic carbocycles. The van der Waals surface area contributed by atoms with E-state index in [2.05, 4.69) is 23.3 Å². The lowest BCUT2D eigenvalue weighted by Crippen LogP contribution is -2.61. The first-order valence-corrected chi connectivity index (χ1v) is 25.4. The lowest BCUT2D eigenvalue weighted by molar-refractivity contribution is -0.298. The van der Waals surface area contributed by atoms with Crippen LogP contribution in [0, 0.1) is 0 Å². The summed E-state index contributed by atoms with van der Waals surface area (Å²) in [4.78, 5) is 13.1. The van der Waals surface area contributed by atoms with Gasteiger partial charge in [-0.3, -0.25) is 9.35 Å². The maximum Gasteiger partial charge on any atom is 0.397 e. The van der Waals surface area contributed by atoms with Crippen LogP contribution in [0.4, 0.5) is 0 Å². The minimum Gasteiger partial charge on any atom is -0.394 e. The van der Waals surface area contributed by atoms with Gasteiger partial charge in [-0.25, -0.2) is 4.18 Å². The normalized spacial score (nSPS) is 21.4. The molecule has 1 saturated heterocycles. The maximum absolute atomic E-state index is 13.1. The van der Waals surface area contributed by atoms with Crippen LogP contribution < -0.4 is 5.32 Å². The molecule has 0 spiro atoms. The number of carbonyl (C=O) groups is 1. The fourth-order valence-corrected chi connectivity index (χ4v) is 8.45. The van der Waals surface area contributed by atoms with Gasteiger partial charge in [0.2, 0.25) is 5.91 Å². The fourth-order valence-electron chi connectivity index (χ4n) is 7.94. The molecular weight excluding hydrogens is 779 g/mol. The molecule has 14 heteroatoms. The first-order valence-electron chi connectivity index (χ1n) is 24.0. The van der Waals surface area contributed by atoms with Crippen molar-refractivity contribution in [1.29, 1.82) is 0 Å². The van der Waals surface area contributed by atoms with Crippen LogP contribution in [-0.2, 0) is 28.9 Å². The molecule has 0 radical (unpaired) electrons. The molecule has 352 valence electrons. The van der Waals surface area contributed by atoms with Crippen LogP contribution in [0.5, 0.6) is 0 Å². The summed E-state index contributed by atoms with van der Waals surface area (Å²) >= 11 is 0. The summed E-state index contributed by atoms with van der Waals surface area (Å²) in [5.41, 5.74) is 0. The lowest BCUT2D eigenvalue weighted by Gasteiger charge is -2.41. The van der Waals surface area contributed by atoms with Gasteiger partial charge in [0.1, 0.15) is 30.5 Å². The highest BCUT2D eigenvalue weighted by atomic mass is 32.3. The molecule has 8 atom stereocenters. The largest absolute Gasteiger partial charge is 0.397 e. The molecule has 0 aromatic heterocycles. The van der Waals surface area contributed by atoms with E-state index in [0.29, 0.717) is 19.3 Å². The van der Waals surface area contributed by atoms with Gasteiger partial charge in [-0.15, -0.1) is 0 Å². The number of aliphatic hydroxyl groups excluding tert-OH is 5. The molecule has 1 heterocycles. The molecule has 8 unspecified atom stereocenters. The Morgan fingerprint density at radius 2 is 0.983 bits per heavy atom. The molecule has 1 aliphatic rings. The van der Waals surface area contributed by atoms with E-state index in [9.17, 15) is 38.7 Å². The number of hydrogen-bond acceptors (Lipinski definition) is 11.